The van der Waals surface area contributed by atoms with E-state index in [0.29, 0.717) is 0 Å². The van der Waals surface area contributed by atoms with Gasteiger partial charge in [-0.05, 0) is 5.56 Å². The average molecular weight is 210 g/mol. The molecule has 0 spiro atoms. The second-order valence-corrected chi connectivity index (χ2v) is 3.69. The van der Waals surface area contributed by atoms with Crippen LogP contribution >= 0.6 is 0 Å². The summed E-state index contributed by atoms with van der Waals surface area (Å²) in [5.74, 6) is 0. The maximum absolute atomic E-state index is 11.2. The molecule has 3 heteroatoms. The van der Waals surface area contributed by atoms with Gasteiger partial charge in [0.25, 0.3) is 0 Å². The van der Waals surface area contributed by atoms with Gasteiger partial charge in [0.15, 0.2) is 5.43 Å². The molecule has 0 aliphatic heterocycles. The predicted molar refractivity (Wildman–Crippen MR) is 63.5 cm³/mol. The molecule has 0 bridgehead atoms. The Morgan fingerprint density at radius 3 is 2.69 bits per heavy atom. The number of hydrogen-bond acceptors (Lipinski definition) is 1. The van der Waals surface area contributed by atoms with Gasteiger partial charge in [-0.1, -0.05) is 30.3 Å². The smallest absolute Gasteiger partial charge is 0.183 e. The SMILES string of the molecule is O=c1ccn2cc(-c3ccccc3)[nH]c2c1. The van der Waals surface area contributed by atoms with Gasteiger partial charge in [0.2, 0.25) is 0 Å². The normalized spacial score (nSPS) is 10.8. The van der Waals surface area contributed by atoms with Crippen LogP contribution in [0.5, 0.6) is 0 Å². The molecule has 3 nitrogen and oxygen atoms in total. The Bertz CT molecular complexity index is 680. The van der Waals surface area contributed by atoms with Crippen molar-refractivity contribution in [2.75, 3.05) is 0 Å². The number of aromatic amines is 1. The first-order valence-electron chi connectivity index (χ1n) is 5.09. The van der Waals surface area contributed by atoms with Crippen molar-refractivity contribution in [2.24, 2.45) is 0 Å². The Morgan fingerprint density at radius 2 is 1.88 bits per heavy atom. The van der Waals surface area contributed by atoms with E-state index < -0.39 is 0 Å². The molecule has 78 valence electrons. The Hall–Kier alpha value is -2.29. The number of hydrogen-bond donors (Lipinski definition) is 1. The lowest BCUT2D eigenvalue weighted by atomic mass is 10.2. The summed E-state index contributed by atoms with van der Waals surface area (Å²) in [5.41, 5.74) is 2.94. The van der Waals surface area contributed by atoms with E-state index in [1.165, 1.54) is 0 Å². The second-order valence-electron chi connectivity index (χ2n) is 3.69. The van der Waals surface area contributed by atoms with E-state index >= 15 is 0 Å². The number of imidazole rings is 1. The fourth-order valence-corrected chi connectivity index (χ4v) is 1.78. The van der Waals surface area contributed by atoms with Crippen LogP contribution in [0.25, 0.3) is 16.9 Å². The average Bonchev–Trinajstić information content (AvgIpc) is 2.73. The fourth-order valence-electron chi connectivity index (χ4n) is 1.78. The zero-order valence-electron chi connectivity index (χ0n) is 8.55. The van der Waals surface area contributed by atoms with Gasteiger partial charge in [-0.25, -0.2) is 0 Å². The van der Waals surface area contributed by atoms with Gasteiger partial charge in [-0.3, -0.25) is 4.79 Å². The topological polar surface area (TPSA) is 37.3 Å². The van der Waals surface area contributed by atoms with Crippen molar-refractivity contribution < 1.29 is 0 Å². The van der Waals surface area contributed by atoms with Crippen LogP contribution in [-0.4, -0.2) is 9.38 Å². The second kappa shape index (κ2) is 3.38. The zero-order valence-corrected chi connectivity index (χ0v) is 8.55. The molecule has 0 aliphatic rings. The Balaban J connectivity index is 2.23. The number of benzene rings is 1. The summed E-state index contributed by atoms with van der Waals surface area (Å²) >= 11 is 0. The van der Waals surface area contributed by atoms with Crippen LogP contribution in [0.2, 0.25) is 0 Å². The maximum atomic E-state index is 11.2. The molecule has 0 radical (unpaired) electrons. The number of H-pyrrole nitrogens is 1. The van der Waals surface area contributed by atoms with Gasteiger partial charge in [-0.2, -0.15) is 0 Å². The van der Waals surface area contributed by atoms with Crippen LogP contribution in [0.15, 0.2) is 59.7 Å². The van der Waals surface area contributed by atoms with Crippen molar-refractivity contribution in [3.63, 3.8) is 0 Å². The third kappa shape index (κ3) is 1.42. The molecule has 0 fully saturated rings. The number of aromatic nitrogens is 2. The van der Waals surface area contributed by atoms with Gasteiger partial charge >= 0.3 is 0 Å². The molecule has 3 rings (SSSR count). The highest BCUT2D eigenvalue weighted by molar-refractivity contribution is 5.62. The summed E-state index contributed by atoms with van der Waals surface area (Å²) < 4.78 is 1.91. The van der Waals surface area contributed by atoms with E-state index in [1.54, 1.807) is 18.3 Å². The van der Waals surface area contributed by atoms with E-state index in [9.17, 15) is 4.79 Å². The summed E-state index contributed by atoms with van der Waals surface area (Å²) in [6.07, 6.45) is 3.74. The molecular formula is C13H10N2O. The van der Waals surface area contributed by atoms with E-state index in [0.717, 1.165) is 16.9 Å². The largest absolute Gasteiger partial charge is 0.340 e. The van der Waals surface area contributed by atoms with Crippen molar-refractivity contribution in [1.82, 2.24) is 9.38 Å². The Morgan fingerprint density at radius 1 is 1.06 bits per heavy atom. The molecule has 0 atom stereocenters. The van der Waals surface area contributed by atoms with Crippen LogP contribution in [0.3, 0.4) is 0 Å². The third-order valence-corrected chi connectivity index (χ3v) is 2.57. The van der Waals surface area contributed by atoms with Crippen molar-refractivity contribution in [1.29, 1.82) is 0 Å². The monoisotopic (exact) mass is 210 g/mol. The molecule has 1 aromatic carbocycles. The molecule has 0 saturated carbocycles. The van der Waals surface area contributed by atoms with Crippen LogP contribution < -0.4 is 5.43 Å². The van der Waals surface area contributed by atoms with Gasteiger partial charge in [0, 0.05) is 24.5 Å². The van der Waals surface area contributed by atoms with Crippen LogP contribution in [0, 0.1) is 0 Å². The molecular weight excluding hydrogens is 200 g/mol. The fraction of sp³-hybridized carbons (Fsp3) is 0. The minimum Gasteiger partial charge on any atom is -0.340 e. The van der Waals surface area contributed by atoms with E-state index in [-0.39, 0.29) is 5.43 Å². The van der Waals surface area contributed by atoms with Gasteiger partial charge in [0.1, 0.15) is 5.65 Å². The highest BCUT2D eigenvalue weighted by Crippen LogP contribution is 2.17. The number of nitrogens with one attached hydrogen (secondary N) is 1. The summed E-state index contributed by atoms with van der Waals surface area (Å²) in [6, 6.07) is 13.2. The minimum absolute atomic E-state index is 0.0152. The van der Waals surface area contributed by atoms with Crippen molar-refractivity contribution in [3.8, 4) is 11.3 Å². The predicted octanol–water partition coefficient (Wildman–Crippen LogP) is 2.29. The van der Waals surface area contributed by atoms with Crippen LogP contribution in [-0.2, 0) is 0 Å². The van der Waals surface area contributed by atoms with Crippen molar-refractivity contribution >= 4 is 5.65 Å². The summed E-state index contributed by atoms with van der Waals surface area (Å²) in [5, 5.41) is 0. The van der Waals surface area contributed by atoms with Crippen molar-refractivity contribution in [2.45, 2.75) is 0 Å². The molecule has 2 aromatic heterocycles. The summed E-state index contributed by atoms with van der Waals surface area (Å²) in [6.45, 7) is 0. The first kappa shape index (κ1) is 8.97. The molecule has 2 heterocycles. The van der Waals surface area contributed by atoms with E-state index in [1.807, 2.05) is 40.9 Å². The lowest BCUT2D eigenvalue weighted by Crippen LogP contribution is -1.97. The van der Waals surface area contributed by atoms with E-state index in [2.05, 4.69) is 4.98 Å². The molecule has 0 saturated heterocycles. The van der Waals surface area contributed by atoms with E-state index in [4.69, 9.17) is 0 Å². The molecule has 1 N–H and O–H groups in total. The Kier molecular flexibility index (Phi) is 1.90. The quantitative estimate of drug-likeness (QED) is 0.657. The molecule has 0 aliphatic carbocycles. The van der Waals surface area contributed by atoms with Crippen molar-refractivity contribution in [3.05, 3.63) is 65.1 Å². The van der Waals surface area contributed by atoms with Gasteiger partial charge in [0.05, 0.1) is 5.69 Å². The number of fused-ring (bicyclic) bond motifs is 1. The maximum Gasteiger partial charge on any atom is 0.183 e. The molecule has 3 aromatic rings. The zero-order chi connectivity index (χ0) is 11.0. The lowest BCUT2D eigenvalue weighted by Gasteiger charge is -1.93. The highest BCUT2D eigenvalue weighted by atomic mass is 16.1. The molecule has 16 heavy (non-hydrogen) atoms. The number of nitrogens with zero attached hydrogens (tertiary/aromatic N) is 1. The lowest BCUT2D eigenvalue weighted by molar-refractivity contribution is 1.18. The first-order valence-corrected chi connectivity index (χ1v) is 5.09. The minimum atomic E-state index is 0.0152. The Labute approximate surface area is 92.0 Å². The standard InChI is InChI=1S/C13H10N2O/c16-11-6-7-15-9-12(14-13(15)8-11)10-4-2-1-3-5-10/h1-9,14H. The van der Waals surface area contributed by atoms with Gasteiger partial charge in [-0.15, -0.1) is 0 Å². The first-order chi connectivity index (χ1) is 7.83. The number of pyridine rings is 1. The highest BCUT2D eigenvalue weighted by Gasteiger charge is 2.01. The molecule has 0 unspecified atom stereocenters. The number of rotatable bonds is 1. The van der Waals surface area contributed by atoms with Gasteiger partial charge < -0.3 is 9.38 Å². The van der Waals surface area contributed by atoms with Crippen LogP contribution in [0.4, 0.5) is 0 Å². The summed E-state index contributed by atoms with van der Waals surface area (Å²) in [7, 11) is 0. The third-order valence-electron chi connectivity index (χ3n) is 2.57. The summed E-state index contributed by atoms with van der Waals surface area (Å²) in [4.78, 5) is 14.4. The van der Waals surface area contributed by atoms with Crippen LogP contribution in [0.1, 0.15) is 0 Å². The molecule has 0 amide bonds.